The summed E-state index contributed by atoms with van der Waals surface area (Å²) in [5.41, 5.74) is 0.265. The van der Waals surface area contributed by atoms with Crippen molar-refractivity contribution in [2.75, 3.05) is 6.54 Å². The van der Waals surface area contributed by atoms with Crippen LogP contribution in [0.4, 0.5) is 0 Å². The average molecular weight is 223 g/mol. The maximum atomic E-state index is 4.40. The molecule has 1 aromatic rings. The van der Waals surface area contributed by atoms with Crippen molar-refractivity contribution in [3.63, 3.8) is 0 Å². The summed E-state index contributed by atoms with van der Waals surface area (Å²) in [6.45, 7) is 10.1. The summed E-state index contributed by atoms with van der Waals surface area (Å²) < 4.78 is 2.10. The van der Waals surface area contributed by atoms with E-state index in [1.807, 2.05) is 12.4 Å². The lowest BCUT2D eigenvalue weighted by Crippen LogP contribution is -2.42. The molecule has 0 saturated carbocycles. The summed E-state index contributed by atoms with van der Waals surface area (Å²) in [5, 5.41) is 3.62. The van der Waals surface area contributed by atoms with Crippen LogP contribution in [-0.2, 0) is 13.5 Å². The summed E-state index contributed by atoms with van der Waals surface area (Å²) in [6.07, 6.45) is 6.05. The monoisotopic (exact) mass is 223 g/mol. The fourth-order valence-corrected chi connectivity index (χ4v) is 1.78. The summed E-state index contributed by atoms with van der Waals surface area (Å²) in [4.78, 5) is 4.40. The minimum atomic E-state index is 0.265. The van der Waals surface area contributed by atoms with E-state index in [1.54, 1.807) is 0 Å². The lowest BCUT2D eigenvalue weighted by Gasteiger charge is -2.31. The maximum absolute atomic E-state index is 4.40. The standard InChI is InChI=1S/C13H25N3/c1-6-7-14-11(13(2,3)4)10-12-15-8-9-16(12)5/h8-9,11,14H,6-7,10H2,1-5H3. The van der Waals surface area contributed by atoms with Gasteiger partial charge >= 0.3 is 0 Å². The third-order valence-corrected chi connectivity index (χ3v) is 2.99. The summed E-state index contributed by atoms with van der Waals surface area (Å²) in [5.74, 6) is 1.16. The van der Waals surface area contributed by atoms with Crippen molar-refractivity contribution in [3.05, 3.63) is 18.2 Å². The first-order valence-electron chi connectivity index (χ1n) is 6.14. The molecule has 0 saturated heterocycles. The third-order valence-electron chi connectivity index (χ3n) is 2.99. The topological polar surface area (TPSA) is 29.9 Å². The Labute approximate surface area is 99.3 Å². The zero-order valence-corrected chi connectivity index (χ0v) is 11.2. The van der Waals surface area contributed by atoms with Crippen molar-refractivity contribution < 1.29 is 0 Å². The molecule has 0 aliphatic heterocycles. The lowest BCUT2D eigenvalue weighted by molar-refractivity contribution is 0.262. The number of aryl methyl sites for hydroxylation is 1. The van der Waals surface area contributed by atoms with Gasteiger partial charge in [0.25, 0.3) is 0 Å². The second-order valence-corrected chi connectivity index (χ2v) is 5.53. The molecule has 0 bridgehead atoms. The van der Waals surface area contributed by atoms with Gasteiger partial charge in [-0.15, -0.1) is 0 Å². The molecule has 1 unspecified atom stereocenters. The largest absolute Gasteiger partial charge is 0.338 e. The molecule has 0 aromatic carbocycles. The van der Waals surface area contributed by atoms with Crippen LogP contribution in [0, 0.1) is 5.41 Å². The normalized spacial score (nSPS) is 14.1. The van der Waals surface area contributed by atoms with Gasteiger partial charge in [-0.05, 0) is 18.4 Å². The van der Waals surface area contributed by atoms with Gasteiger partial charge in [-0.25, -0.2) is 4.98 Å². The molecule has 1 heterocycles. The number of aromatic nitrogens is 2. The van der Waals surface area contributed by atoms with Gasteiger partial charge < -0.3 is 9.88 Å². The molecule has 0 spiro atoms. The van der Waals surface area contributed by atoms with Crippen molar-refractivity contribution in [2.24, 2.45) is 12.5 Å². The molecule has 3 heteroatoms. The number of hydrogen-bond donors (Lipinski definition) is 1. The molecule has 0 aliphatic rings. The molecular weight excluding hydrogens is 198 g/mol. The second-order valence-electron chi connectivity index (χ2n) is 5.53. The fraction of sp³-hybridized carbons (Fsp3) is 0.769. The highest BCUT2D eigenvalue weighted by Gasteiger charge is 2.25. The van der Waals surface area contributed by atoms with Gasteiger partial charge in [-0.1, -0.05) is 27.7 Å². The smallest absolute Gasteiger partial charge is 0.109 e. The molecule has 0 fully saturated rings. The Morgan fingerprint density at radius 2 is 2.12 bits per heavy atom. The first-order valence-corrected chi connectivity index (χ1v) is 6.14. The van der Waals surface area contributed by atoms with Crippen LogP contribution in [0.25, 0.3) is 0 Å². The molecule has 1 aromatic heterocycles. The van der Waals surface area contributed by atoms with Crippen LogP contribution >= 0.6 is 0 Å². The number of hydrogen-bond acceptors (Lipinski definition) is 2. The van der Waals surface area contributed by atoms with Gasteiger partial charge in [0.05, 0.1) is 0 Å². The SMILES string of the molecule is CCCNC(Cc1nccn1C)C(C)(C)C. The fourth-order valence-electron chi connectivity index (χ4n) is 1.78. The number of nitrogens with zero attached hydrogens (tertiary/aromatic N) is 2. The van der Waals surface area contributed by atoms with Crippen LogP contribution in [0.2, 0.25) is 0 Å². The lowest BCUT2D eigenvalue weighted by atomic mass is 9.84. The van der Waals surface area contributed by atoms with Gasteiger partial charge in [-0.3, -0.25) is 0 Å². The highest BCUT2D eigenvalue weighted by molar-refractivity contribution is 4.97. The zero-order chi connectivity index (χ0) is 12.2. The van der Waals surface area contributed by atoms with E-state index in [0.717, 1.165) is 18.8 Å². The van der Waals surface area contributed by atoms with Gasteiger partial charge in [0.2, 0.25) is 0 Å². The summed E-state index contributed by atoms with van der Waals surface area (Å²) >= 11 is 0. The van der Waals surface area contributed by atoms with Crippen molar-refractivity contribution >= 4 is 0 Å². The minimum absolute atomic E-state index is 0.265. The summed E-state index contributed by atoms with van der Waals surface area (Å²) in [7, 11) is 2.06. The molecule has 1 rings (SSSR count). The van der Waals surface area contributed by atoms with Crippen LogP contribution in [0.3, 0.4) is 0 Å². The van der Waals surface area contributed by atoms with Gasteiger partial charge in [0, 0.05) is 31.9 Å². The van der Waals surface area contributed by atoms with Crippen LogP contribution in [-0.4, -0.2) is 22.1 Å². The molecule has 16 heavy (non-hydrogen) atoms. The Morgan fingerprint density at radius 3 is 2.56 bits per heavy atom. The van der Waals surface area contributed by atoms with Crippen molar-refractivity contribution in [2.45, 2.75) is 46.6 Å². The Hall–Kier alpha value is -0.830. The zero-order valence-electron chi connectivity index (χ0n) is 11.2. The van der Waals surface area contributed by atoms with E-state index >= 15 is 0 Å². The summed E-state index contributed by atoms with van der Waals surface area (Å²) in [6, 6.07) is 0.480. The molecule has 0 aliphatic carbocycles. The molecule has 0 amide bonds. The Morgan fingerprint density at radius 1 is 1.44 bits per heavy atom. The average Bonchev–Trinajstić information content (AvgIpc) is 2.57. The van der Waals surface area contributed by atoms with E-state index in [-0.39, 0.29) is 5.41 Å². The molecule has 1 N–H and O–H groups in total. The van der Waals surface area contributed by atoms with Crippen LogP contribution < -0.4 is 5.32 Å². The first-order chi connectivity index (χ1) is 7.45. The molecular formula is C13H25N3. The molecule has 0 radical (unpaired) electrons. The highest BCUT2D eigenvalue weighted by atomic mass is 15.0. The van der Waals surface area contributed by atoms with Gasteiger partial charge in [-0.2, -0.15) is 0 Å². The van der Waals surface area contributed by atoms with Crippen LogP contribution in [0.1, 0.15) is 39.9 Å². The van der Waals surface area contributed by atoms with E-state index < -0.39 is 0 Å². The number of imidazole rings is 1. The number of rotatable bonds is 5. The Kier molecular flexibility index (Phi) is 4.54. The predicted octanol–water partition coefficient (Wildman–Crippen LogP) is 2.38. The first kappa shape index (κ1) is 13.2. The highest BCUT2D eigenvalue weighted by Crippen LogP contribution is 2.22. The van der Waals surface area contributed by atoms with Crippen molar-refractivity contribution in [3.8, 4) is 0 Å². The van der Waals surface area contributed by atoms with E-state index in [0.29, 0.717) is 6.04 Å². The quantitative estimate of drug-likeness (QED) is 0.830. The third kappa shape index (κ3) is 3.63. The maximum Gasteiger partial charge on any atom is 0.109 e. The van der Waals surface area contributed by atoms with E-state index in [2.05, 4.69) is 49.6 Å². The predicted molar refractivity (Wildman–Crippen MR) is 68.4 cm³/mol. The second kappa shape index (κ2) is 5.48. The molecule has 92 valence electrons. The minimum Gasteiger partial charge on any atom is -0.338 e. The van der Waals surface area contributed by atoms with Gasteiger partial charge in [0.15, 0.2) is 0 Å². The Balaban J connectivity index is 2.67. The van der Waals surface area contributed by atoms with Crippen molar-refractivity contribution in [1.82, 2.24) is 14.9 Å². The van der Waals surface area contributed by atoms with E-state index in [4.69, 9.17) is 0 Å². The van der Waals surface area contributed by atoms with E-state index in [9.17, 15) is 0 Å². The van der Waals surface area contributed by atoms with Crippen LogP contribution in [0.5, 0.6) is 0 Å². The number of nitrogens with one attached hydrogen (secondary N) is 1. The van der Waals surface area contributed by atoms with E-state index in [1.165, 1.54) is 6.42 Å². The van der Waals surface area contributed by atoms with Crippen molar-refractivity contribution in [1.29, 1.82) is 0 Å². The molecule has 1 atom stereocenters. The van der Waals surface area contributed by atoms with Gasteiger partial charge in [0.1, 0.15) is 5.82 Å². The van der Waals surface area contributed by atoms with Crippen LogP contribution in [0.15, 0.2) is 12.4 Å². The molecule has 3 nitrogen and oxygen atoms in total. The Bertz CT molecular complexity index is 309.